The zero-order valence-corrected chi connectivity index (χ0v) is 26.3. The molecule has 3 aliphatic rings. The van der Waals surface area contributed by atoms with Gasteiger partial charge in [0.15, 0.2) is 0 Å². The van der Waals surface area contributed by atoms with Crippen molar-refractivity contribution in [3.05, 3.63) is 65.2 Å². The molecule has 2 heterocycles. The molecule has 43 heavy (non-hydrogen) atoms. The van der Waals surface area contributed by atoms with Gasteiger partial charge in [-0.05, 0) is 61.7 Å². The van der Waals surface area contributed by atoms with Crippen molar-refractivity contribution in [2.75, 3.05) is 33.2 Å². The lowest BCUT2D eigenvalue weighted by atomic mass is 9.63. The van der Waals surface area contributed by atoms with Gasteiger partial charge >= 0.3 is 5.97 Å². The minimum Gasteiger partial charge on any atom is -0.489 e. The summed E-state index contributed by atoms with van der Waals surface area (Å²) in [6.07, 6.45) is 6.16. The lowest BCUT2D eigenvalue weighted by Gasteiger charge is -2.55. The average molecular weight is 612 g/mol. The number of piperidine rings is 1. The molecule has 0 aromatic heterocycles. The molecule has 1 unspecified atom stereocenters. The van der Waals surface area contributed by atoms with Crippen LogP contribution in [0.3, 0.4) is 0 Å². The van der Waals surface area contributed by atoms with Crippen LogP contribution in [-0.4, -0.2) is 77.2 Å². The van der Waals surface area contributed by atoms with E-state index in [4.69, 9.17) is 4.74 Å². The maximum Gasteiger partial charge on any atom is 0.335 e. The number of likely N-dealkylation sites (tertiary alicyclic amines) is 1. The molecule has 0 bridgehead atoms. The van der Waals surface area contributed by atoms with Crippen LogP contribution in [0.4, 0.5) is 0 Å². The number of carbonyl (C=O) groups excluding carboxylic acids is 2. The normalized spacial score (nSPS) is 24.5. The molecule has 2 aliphatic heterocycles. The molecule has 1 spiro atoms. The number of ether oxygens (including phenoxy) is 1. The first-order chi connectivity index (χ1) is 20.2. The Morgan fingerprint density at radius 2 is 1.81 bits per heavy atom. The molecule has 0 amide bonds. The van der Waals surface area contributed by atoms with Gasteiger partial charge < -0.3 is 15.2 Å². The van der Waals surface area contributed by atoms with Crippen molar-refractivity contribution in [1.29, 1.82) is 0 Å². The molecule has 1 saturated carbocycles. The molecule has 0 radical (unpaired) electrons. The van der Waals surface area contributed by atoms with Crippen molar-refractivity contribution in [1.82, 2.24) is 15.1 Å². The molecular weight excluding hydrogens is 566 g/mol. The van der Waals surface area contributed by atoms with Gasteiger partial charge in [-0.3, -0.25) is 19.4 Å². The van der Waals surface area contributed by atoms with Crippen LogP contribution in [0.5, 0.6) is 5.75 Å². The number of carboxylic acid groups (broad SMARTS) is 1. The van der Waals surface area contributed by atoms with E-state index >= 15 is 0 Å². The summed E-state index contributed by atoms with van der Waals surface area (Å²) < 4.78 is 5.89. The van der Waals surface area contributed by atoms with Crippen molar-refractivity contribution in [3.8, 4) is 5.75 Å². The summed E-state index contributed by atoms with van der Waals surface area (Å²) in [5, 5.41) is 13.0. The highest BCUT2D eigenvalue weighted by Gasteiger charge is 2.52. The molecule has 8 nitrogen and oxygen atoms in total. The van der Waals surface area contributed by atoms with E-state index in [-0.39, 0.29) is 41.1 Å². The predicted molar refractivity (Wildman–Crippen MR) is 169 cm³/mol. The maximum absolute atomic E-state index is 13.3. The Morgan fingerprint density at radius 1 is 1.07 bits per heavy atom. The first-order valence-corrected chi connectivity index (χ1v) is 15.5. The van der Waals surface area contributed by atoms with Crippen LogP contribution in [0.1, 0.15) is 79.8 Å². The van der Waals surface area contributed by atoms with Crippen LogP contribution >= 0.6 is 12.4 Å². The van der Waals surface area contributed by atoms with Gasteiger partial charge in [-0.15, -0.1) is 12.4 Å². The third-order valence-electron chi connectivity index (χ3n) is 9.98. The number of benzene rings is 2. The fourth-order valence-corrected chi connectivity index (χ4v) is 7.20. The average Bonchev–Trinajstić information content (AvgIpc) is 3.00. The number of carbonyl (C=O) groups is 3. The van der Waals surface area contributed by atoms with Gasteiger partial charge in [0.25, 0.3) is 0 Å². The Hall–Kier alpha value is -2.78. The Labute approximate surface area is 261 Å². The number of carboxylic acids is 1. The molecule has 1 aliphatic carbocycles. The van der Waals surface area contributed by atoms with E-state index in [1.807, 2.05) is 18.2 Å². The maximum atomic E-state index is 13.3. The summed E-state index contributed by atoms with van der Waals surface area (Å²) in [6.45, 7) is 7.04. The predicted octanol–water partition coefficient (Wildman–Crippen LogP) is 5.12. The van der Waals surface area contributed by atoms with Crippen LogP contribution in [-0.2, 0) is 22.7 Å². The summed E-state index contributed by atoms with van der Waals surface area (Å²) in [5.41, 5.74) is 1.86. The van der Waals surface area contributed by atoms with Crippen molar-refractivity contribution in [2.45, 2.75) is 83.0 Å². The van der Waals surface area contributed by atoms with Crippen LogP contribution < -0.4 is 10.1 Å². The van der Waals surface area contributed by atoms with E-state index in [1.165, 1.54) is 5.56 Å². The largest absolute Gasteiger partial charge is 0.489 e. The number of nitrogens with one attached hydrogen (secondary N) is 1. The number of hydrogen-bond acceptors (Lipinski definition) is 7. The smallest absolute Gasteiger partial charge is 0.335 e. The fourth-order valence-electron chi connectivity index (χ4n) is 7.20. The lowest BCUT2D eigenvalue weighted by Crippen LogP contribution is -2.70. The van der Waals surface area contributed by atoms with Crippen LogP contribution in [0.25, 0.3) is 0 Å². The van der Waals surface area contributed by atoms with Gasteiger partial charge in [-0.2, -0.15) is 0 Å². The fraction of sp³-hybridized carbons (Fsp3) is 0.559. The van der Waals surface area contributed by atoms with Crippen LogP contribution in [0.15, 0.2) is 48.5 Å². The number of nitrogens with zero attached hydrogens (tertiary/aromatic N) is 2. The first kappa shape index (κ1) is 33.1. The molecule has 3 fully saturated rings. The SMILES string of the molecule is CCCCC1([C@H]2CN(C)C3(CCN(Cc4ccc(OCc5cccc(C(=O)O)c5)cc4)CC3)CN2)CC(=O)CCC1=O.Cl. The summed E-state index contributed by atoms with van der Waals surface area (Å²) in [6, 6.07) is 15.0. The molecule has 2 aromatic rings. The number of likely N-dealkylation sites (N-methyl/N-ethyl adjacent to an activating group) is 1. The second kappa shape index (κ2) is 14.3. The molecule has 2 N–H and O–H groups in total. The van der Waals surface area contributed by atoms with Crippen molar-refractivity contribution in [3.63, 3.8) is 0 Å². The second-order valence-electron chi connectivity index (χ2n) is 12.7. The summed E-state index contributed by atoms with van der Waals surface area (Å²) >= 11 is 0. The van der Waals surface area contributed by atoms with E-state index in [0.29, 0.717) is 25.9 Å². The zero-order valence-electron chi connectivity index (χ0n) is 25.5. The minimum absolute atomic E-state index is 0. The van der Waals surface area contributed by atoms with Crippen LogP contribution in [0.2, 0.25) is 0 Å². The first-order valence-electron chi connectivity index (χ1n) is 15.5. The van der Waals surface area contributed by atoms with Gasteiger partial charge in [0.2, 0.25) is 0 Å². The molecular formula is C34H46ClN3O5. The number of Topliss-reactive ketones (excluding diaryl/α,β-unsaturated/α-hetero) is 2. The Bertz CT molecular complexity index is 1280. The van der Waals surface area contributed by atoms with Gasteiger partial charge in [-0.1, -0.05) is 44.0 Å². The van der Waals surface area contributed by atoms with Crippen LogP contribution in [0, 0.1) is 5.41 Å². The van der Waals surface area contributed by atoms with E-state index in [1.54, 1.807) is 18.2 Å². The number of ketones is 2. The number of hydrogen-bond donors (Lipinski definition) is 2. The molecule has 2 saturated heterocycles. The highest BCUT2D eigenvalue weighted by Crippen LogP contribution is 2.43. The van der Waals surface area contributed by atoms with E-state index < -0.39 is 11.4 Å². The van der Waals surface area contributed by atoms with Crippen molar-refractivity contribution in [2.24, 2.45) is 5.41 Å². The number of piperazine rings is 1. The van der Waals surface area contributed by atoms with E-state index in [9.17, 15) is 19.5 Å². The molecule has 9 heteroatoms. The van der Waals surface area contributed by atoms with Gasteiger partial charge in [-0.25, -0.2) is 4.79 Å². The quantitative estimate of drug-likeness (QED) is 0.382. The summed E-state index contributed by atoms with van der Waals surface area (Å²) in [5.74, 6) is 0.353. The Morgan fingerprint density at radius 3 is 2.49 bits per heavy atom. The van der Waals surface area contributed by atoms with Crippen molar-refractivity contribution >= 4 is 29.9 Å². The van der Waals surface area contributed by atoms with E-state index in [0.717, 1.165) is 76.1 Å². The number of unbranched alkanes of at least 4 members (excludes halogenated alkanes) is 1. The van der Waals surface area contributed by atoms with Gasteiger partial charge in [0, 0.05) is 63.6 Å². The topological polar surface area (TPSA) is 99.2 Å². The summed E-state index contributed by atoms with van der Waals surface area (Å²) in [7, 11) is 2.21. The van der Waals surface area contributed by atoms with E-state index in [2.05, 4.69) is 41.2 Å². The lowest BCUT2D eigenvalue weighted by molar-refractivity contribution is -0.144. The number of rotatable bonds is 10. The summed E-state index contributed by atoms with van der Waals surface area (Å²) in [4.78, 5) is 42.0. The molecule has 5 rings (SSSR count). The monoisotopic (exact) mass is 611 g/mol. The molecule has 234 valence electrons. The third-order valence-corrected chi connectivity index (χ3v) is 9.98. The second-order valence-corrected chi connectivity index (χ2v) is 12.7. The molecule has 2 aromatic carbocycles. The number of halogens is 1. The highest BCUT2D eigenvalue weighted by atomic mass is 35.5. The minimum atomic E-state index is -0.940. The third kappa shape index (κ3) is 7.48. The van der Waals surface area contributed by atoms with Crippen molar-refractivity contribution < 1.29 is 24.2 Å². The Kier molecular flexibility index (Phi) is 11.0. The van der Waals surface area contributed by atoms with Gasteiger partial charge in [0.1, 0.15) is 23.9 Å². The van der Waals surface area contributed by atoms with Gasteiger partial charge in [0.05, 0.1) is 11.0 Å². The zero-order chi connectivity index (χ0) is 29.7. The highest BCUT2D eigenvalue weighted by molar-refractivity contribution is 5.97. The number of aromatic carboxylic acids is 1. The molecule has 2 atom stereocenters. The standard InChI is InChI=1S/C34H45N3O5.ClH/c1-3-4-14-34(20-28(38)10-13-31(34)39)30-22-36(2)33(24-35-30)15-17-37(18-16-33)21-25-8-11-29(12-9-25)42-23-26-6-5-7-27(19-26)32(40)41;/h5-9,11-12,19,30,35H,3-4,10,13-18,20-24H2,1-2H3,(H,40,41);1H/t30-,34?;/m1./s1. The Balaban J connectivity index is 0.00000423.